The summed E-state index contributed by atoms with van der Waals surface area (Å²) >= 11 is 0. The Balaban J connectivity index is 2.03. The number of unbranched alkanes of at least 4 members (excludes halogenated alkanes) is 4. The Kier molecular flexibility index (Phi) is 5.63. The van der Waals surface area contributed by atoms with Gasteiger partial charge in [0.1, 0.15) is 0 Å². The first-order valence-electron chi connectivity index (χ1n) is 5.89. The molecule has 80 valence electrons. The first-order valence-corrected chi connectivity index (χ1v) is 5.89. The Bertz CT molecular complexity index is 185. The van der Waals surface area contributed by atoms with Crippen LogP contribution in [0.5, 0.6) is 0 Å². The fourth-order valence-corrected chi connectivity index (χ4v) is 2.03. The maximum Gasteiger partial charge on any atom is 0.0747 e. The second kappa shape index (κ2) is 6.84. The van der Waals surface area contributed by atoms with Crippen LogP contribution in [0.1, 0.15) is 51.9 Å². The molecule has 2 unspecified atom stereocenters. The predicted octanol–water partition coefficient (Wildman–Crippen LogP) is 3.28. The lowest BCUT2D eigenvalue weighted by molar-refractivity contribution is 0.0908. The zero-order chi connectivity index (χ0) is 10.2. The molecule has 1 saturated heterocycles. The van der Waals surface area contributed by atoms with Gasteiger partial charge in [0.25, 0.3) is 0 Å². The van der Waals surface area contributed by atoms with Gasteiger partial charge in [-0.2, -0.15) is 5.26 Å². The summed E-state index contributed by atoms with van der Waals surface area (Å²) in [5.74, 6) is 0.168. The second-order valence-electron chi connectivity index (χ2n) is 4.14. The zero-order valence-corrected chi connectivity index (χ0v) is 9.17. The van der Waals surface area contributed by atoms with Crippen LogP contribution in [0.3, 0.4) is 0 Å². The number of rotatable bonds is 6. The highest BCUT2D eigenvalue weighted by molar-refractivity contribution is 4.92. The topological polar surface area (TPSA) is 33.0 Å². The van der Waals surface area contributed by atoms with Crippen LogP contribution >= 0.6 is 0 Å². The molecule has 0 aromatic carbocycles. The van der Waals surface area contributed by atoms with Crippen molar-refractivity contribution in [1.29, 1.82) is 5.26 Å². The van der Waals surface area contributed by atoms with Gasteiger partial charge in [0.15, 0.2) is 0 Å². The lowest BCUT2D eigenvalue weighted by Gasteiger charge is -2.11. The third-order valence-corrected chi connectivity index (χ3v) is 2.97. The predicted molar refractivity (Wildman–Crippen MR) is 56.8 cm³/mol. The zero-order valence-electron chi connectivity index (χ0n) is 9.17. The largest absolute Gasteiger partial charge is 0.377 e. The van der Waals surface area contributed by atoms with Crippen molar-refractivity contribution in [2.75, 3.05) is 6.61 Å². The van der Waals surface area contributed by atoms with Crippen molar-refractivity contribution in [1.82, 2.24) is 0 Å². The van der Waals surface area contributed by atoms with Crippen LogP contribution in [0.15, 0.2) is 0 Å². The molecular weight excluding hydrogens is 174 g/mol. The minimum Gasteiger partial charge on any atom is -0.377 e. The molecule has 2 atom stereocenters. The van der Waals surface area contributed by atoms with Crippen LogP contribution in [-0.4, -0.2) is 12.7 Å². The number of hydrogen-bond acceptors (Lipinski definition) is 2. The van der Waals surface area contributed by atoms with E-state index >= 15 is 0 Å². The van der Waals surface area contributed by atoms with E-state index in [1.165, 1.54) is 32.1 Å². The minimum atomic E-state index is 0.168. The molecule has 14 heavy (non-hydrogen) atoms. The van der Waals surface area contributed by atoms with E-state index in [4.69, 9.17) is 10.00 Å². The van der Waals surface area contributed by atoms with Crippen LogP contribution in [0, 0.1) is 17.2 Å². The summed E-state index contributed by atoms with van der Waals surface area (Å²) in [5.41, 5.74) is 0. The molecule has 2 heteroatoms. The number of ether oxygens (including phenoxy) is 1. The normalized spacial score (nSPS) is 26.3. The van der Waals surface area contributed by atoms with Gasteiger partial charge >= 0.3 is 0 Å². The van der Waals surface area contributed by atoms with Crippen LogP contribution in [0.2, 0.25) is 0 Å². The van der Waals surface area contributed by atoms with Gasteiger partial charge in [-0.3, -0.25) is 0 Å². The van der Waals surface area contributed by atoms with E-state index < -0.39 is 0 Å². The second-order valence-corrected chi connectivity index (χ2v) is 4.14. The van der Waals surface area contributed by atoms with Crippen molar-refractivity contribution >= 4 is 0 Å². The molecule has 0 N–H and O–H groups in total. The Morgan fingerprint density at radius 2 is 2.07 bits per heavy atom. The van der Waals surface area contributed by atoms with Crippen LogP contribution in [0.4, 0.5) is 0 Å². The fourth-order valence-electron chi connectivity index (χ4n) is 2.03. The number of nitriles is 1. The van der Waals surface area contributed by atoms with Crippen molar-refractivity contribution in [3.63, 3.8) is 0 Å². The average Bonchev–Trinajstić information content (AvgIpc) is 2.65. The summed E-state index contributed by atoms with van der Waals surface area (Å²) in [5, 5.41) is 8.85. The van der Waals surface area contributed by atoms with Crippen molar-refractivity contribution in [3.8, 4) is 6.07 Å². The lowest BCUT2D eigenvalue weighted by atomic mass is 9.98. The molecule has 0 aliphatic carbocycles. The summed E-state index contributed by atoms with van der Waals surface area (Å²) in [4.78, 5) is 0. The van der Waals surface area contributed by atoms with E-state index in [-0.39, 0.29) is 12.0 Å². The third kappa shape index (κ3) is 3.67. The summed E-state index contributed by atoms with van der Waals surface area (Å²) in [6.45, 7) is 3.02. The SMILES string of the molecule is CCCCCCCC1OCCC1C#N. The lowest BCUT2D eigenvalue weighted by Crippen LogP contribution is -2.13. The van der Waals surface area contributed by atoms with E-state index in [9.17, 15) is 0 Å². The van der Waals surface area contributed by atoms with Crippen molar-refractivity contribution in [2.45, 2.75) is 58.0 Å². The van der Waals surface area contributed by atoms with Gasteiger partial charge in [-0.05, 0) is 12.8 Å². The van der Waals surface area contributed by atoms with Crippen LogP contribution in [-0.2, 0) is 4.74 Å². The molecular formula is C12H21NO. The third-order valence-electron chi connectivity index (χ3n) is 2.97. The molecule has 0 aromatic rings. The summed E-state index contributed by atoms with van der Waals surface area (Å²) in [7, 11) is 0. The maximum atomic E-state index is 8.85. The maximum absolute atomic E-state index is 8.85. The van der Waals surface area contributed by atoms with Gasteiger partial charge in [-0.25, -0.2) is 0 Å². The van der Waals surface area contributed by atoms with E-state index in [0.29, 0.717) is 0 Å². The Morgan fingerprint density at radius 3 is 2.79 bits per heavy atom. The van der Waals surface area contributed by atoms with Crippen LogP contribution < -0.4 is 0 Å². The average molecular weight is 195 g/mol. The smallest absolute Gasteiger partial charge is 0.0747 e. The molecule has 1 aliphatic rings. The molecule has 0 saturated carbocycles. The molecule has 0 spiro atoms. The molecule has 1 heterocycles. The Hall–Kier alpha value is -0.550. The van der Waals surface area contributed by atoms with Gasteiger partial charge in [-0.1, -0.05) is 39.0 Å². The Labute approximate surface area is 87.3 Å². The molecule has 0 bridgehead atoms. The molecule has 0 aromatic heterocycles. The molecule has 1 fully saturated rings. The highest BCUT2D eigenvalue weighted by Gasteiger charge is 2.27. The highest BCUT2D eigenvalue weighted by Crippen LogP contribution is 2.24. The van der Waals surface area contributed by atoms with Gasteiger partial charge in [0.2, 0.25) is 0 Å². The first-order chi connectivity index (χ1) is 6.88. The van der Waals surface area contributed by atoms with E-state index in [1.54, 1.807) is 0 Å². The minimum absolute atomic E-state index is 0.168. The number of hydrogen-bond donors (Lipinski definition) is 0. The van der Waals surface area contributed by atoms with Crippen molar-refractivity contribution < 1.29 is 4.74 Å². The molecule has 0 amide bonds. The first kappa shape index (κ1) is 11.5. The van der Waals surface area contributed by atoms with Crippen LogP contribution in [0.25, 0.3) is 0 Å². The number of nitrogens with zero attached hydrogens (tertiary/aromatic N) is 1. The van der Waals surface area contributed by atoms with Crippen molar-refractivity contribution in [2.24, 2.45) is 5.92 Å². The molecule has 1 aliphatic heterocycles. The van der Waals surface area contributed by atoms with Gasteiger partial charge < -0.3 is 4.74 Å². The standard InChI is InChI=1S/C12H21NO/c1-2-3-4-5-6-7-12-11(10-13)8-9-14-12/h11-12H,2-9H2,1H3. The molecule has 0 radical (unpaired) electrons. The van der Waals surface area contributed by atoms with E-state index in [1.807, 2.05) is 0 Å². The quantitative estimate of drug-likeness (QED) is 0.609. The van der Waals surface area contributed by atoms with Gasteiger partial charge in [0.05, 0.1) is 18.1 Å². The molecule has 2 nitrogen and oxygen atoms in total. The van der Waals surface area contributed by atoms with E-state index in [0.717, 1.165) is 19.4 Å². The highest BCUT2D eigenvalue weighted by atomic mass is 16.5. The summed E-state index contributed by atoms with van der Waals surface area (Å²) in [6.07, 6.45) is 8.75. The van der Waals surface area contributed by atoms with E-state index in [2.05, 4.69) is 13.0 Å². The summed E-state index contributed by atoms with van der Waals surface area (Å²) < 4.78 is 5.54. The summed E-state index contributed by atoms with van der Waals surface area (Å²) in [6, 6.07) is 2.34. The Morgan fingerprint density at radius 1 is 1.29 bits per heavy atom. The van der Waals surface area contributed by atoms with Crippen molar-refractivity contribution in [3.05, 3.63) is 0 Å². The monoisotopic (exact) mass is 195 g/mol. The molecule has 1 rings (SSSR count). The van der Waals surface area contributed by atoms with Gasteiger partial charge in [0, 0.05) is 6.61 Å². The fraction of sp³-hybridized carbons (Fsp3) is 0.917. The van der Waals surface area contributed by atoms with Gasteiger partial charge in [-0.15, -0.1) is 0 Å².